The number of rotatable bonds is 7. The quantitative estimate of drug-likeness (QED) is 0.242. The minimum atomic E-state index is -2.42. The second-order valence-electron chi connectivity index (χ2n) is 7.71. The van der Waals surface area contributed by atoms with Gasteiger partial charge in [-0.25, -0.2) is 4.98 Å². The Hall–Kier alpha value is -2.73. The van der Waals surface area contributed by atoms with Gasteiger partial charge in [-0.3, -0.25) is 18.6 Å². The molecule has 1 amide bonds. The van der Waals surface area contributed by atoms with Gasteiger partial charge in [0.2, 0.25) is 5.91 Å². The van der Waals surface area contributed by atoms with Crippen LogP contribution in [0.4, 0.5) is 11.4 Å². The van der Waals surface area contributed by atoms with Crippen molar-refractivity contribution in [3.05, 3.63) is 70.0 Å². The molecule has 4 aromatic rings. The van der Waals surface area contributed by atoms with Crippen LogP contribution < -0.4 is 10.0 Å². The van der Waals surface area contributed by atoms with Crippen molar-refractivity contribution in [2.24, 2.45) is 0 Å². The molecule has 0 fully saturated rings. The monoisotopic (exact) mass is 558 g/mol. The lowest BCUT2D eigenvalue weighted by Gasteiger charge is -2.16. The summed E-state index contributed by atoms with van der Waals surface area (Å²) in [5.41, 5.74) is 7.08. The third-order valence-electron chi connectivity index (χ3n) is 5.06. The van der Waals surface area contributed by atoms with Gasteiger partial charge in [0, 0.05) is 27.6 Å². The molecule has 2 aromatic heterocycles. The average molecular weight is 559 g/mol. The standard InChI is InChI=1S/C23H22BrN5O3S2/c1-13-8-14(2)22(15(3)9-13)29-20-6-7-25-11-19(20)27-23(29)33-12-21(30)26-18-5-4-16(10-17(18)24)28-34(31)32/h4-11,28H,12H2,1-3H3,(H,26,30)(H,31,32)/p-1. The number of carbonyl (C=O) groups is 1. The summed E-state index contributed by atoms with van der Waals surface area (Å²) in [6, 6.07) is 11.0. The smallest absolute Gasteiger partial charge is 0.234 e. The summed E-state index contributed by atoms with van der Waals surface area (Å²) in [7, 11) is 0. The van der Waals surface area contributed by atoms with E-state index in [1.807, 2.05) is 6.07 Å². The Kier molecular flexibility index (Phi) is 7.36. The number of amides is 1. The van der Waals surface area contributed by atoms with E-state index in [9.17, 15) is 13.6 Å². The highest BCUT2D eigenvalue weighted by Gasteiger charge is 2.18. The van der Waals surface area contributed by atoms with Crippen LogP contribution in [0.1, 0.15) is 16.7 Å². The van der Waals surface area contributed by atoms with Crippen LogP contribution in [0.2, 0.25) is 0 Å². The SMILES string of the molecule is Cc1cc(C)c(-n2c(SCC(=O)Nc3ccc(NS(=O)[O-])cc3Br)nc3cnccc32)c(C)c1. The van der Waals surface area contributed by atoms with Gasteiger partial charge in [0.05, 0.1) is 28.8 Å². The summed E-state index contributed by atoms with van der Waals surface area (Å²) in [5, 5.41) is 3.55. The maximum Gasteiger partial charge on any atom is 0.234 e. The Balaban J connectivity index is 1.58. The second-order valence-corrected chi connectivity index (χ2v) is 10.2. The number of hydrogen-bond acceptors (Lipinski definition) is 6. The van der Waals surface area contributed by atoms with Crippen molar-refractivity contribution in [2.45, 2.75) is 25.9 Å². The van der Waals surface area contributed by atoms with Gasteiger partial charge in [0.1, 0.15) is 5.52 Å². The van der Waals surface area contributed by atoms with E-state index in [0.717, 1.165) is 27.8 Å². The van der Waals surface area contributed by atoms with Gasteiger partial charge < -0.3 is 14.6 Å². The summed E-state index contributed by atoms with van der Waals surface area (Å²) in [4.78, 5) is 21.7. The Morgan fingerprint density at radius 3 is 2.59 bits per heavy atom. The van der Waals surface area contributed by atoms with Crippen LogP contribution in [0.25, 0.3) is 16.7 Å². The predicted molar refractivity (Wildman–Crippen MR) is 139 cm³/mol. The van der Waals surface area contributed by atoms with Crippen molar-refractivity contribution < 1.29 is 13.6 Å². The number of hydrogen-bond donors (Lipinski definition) is 2. The van der Waals surface area contributed by atoms with Crippen LogP contribution in [0.3, 0.4) is 0 Å². The van der Waals surface area contributed by atoms with E-state index in [1.54, 1.807) is 30.6 Å². The van der Waals surface area contributed by atoms with E-state index in [1.165, 1.54) is 17.3 Å². The van der Waals surface area contributed by atoms with Crippen LogP contribution in [0.15, 0.2) is 58.4 Å². The van der Waals surface area contributed by atoms with E-state index in [-0.39, 0.29) is 11.7 Å². The van der Waals surface area contributed by atoms with Gasteiger partial charge in [0.15, 0.2) is 5.16 Å². The number of nitrogens with one attached hydrogen (secondary N) is 2. The highest BCUT2D eigenvalue weighted by Crippen LogP contribution is 2.32. The number of anilines is 2. The molecule has 0 aliphatic heterocycles. The van der Waals surface area contributed by atoms with Crippen molar-refractivity contribution in [3.63, 3.8) is 0 Å². The highest BCUT2D eigenvalue weighted by atomic mass is 79.9. The Bertz CT molecular complexity index is 1400. The van der Waals surface area contributed by atoms with Gasteiger partial charge in [0.25, 0.3) is 0 Å². The number of aryl methyl sites for hydroxylation is 3. The zero-order valence-corrected chi connectivity index (χ0v) is 21.8. The molecule has 0 aliphatic carbocycles. The highest BCUT2D eigenvalue weighted by molar-refractivity contribution is 9.10. The number of imidazole rings is 1. The minimum Gasteiger partial charge on any atom is -0.755 e. The topological polar surface area (TPSA) is 112 Å². The first-order chi connectivity index (χ1) is 16.2. The molecule has 0 aliphatic rings. The molecular weight excluding hydrogens is 538 g/mol. The lowest BCUT2D eigenvalue weighted by molar-refractivity contribution is -0.113. The Morgan fingerprint density at radius 2 is 1.91 bits per heavy atom. The predicted octanol–water partition coefficient (Wildman–Crippen LogP) is 5.05. The fourth-order valence-corrected chi connectivity index (χ4v) is 5.45. The van der Waals surface area contributed by atoms with Gasteiger partial charge in [-0.15, -0.1) is 0 Å². The Labute approximate surface area is 212 Å². The number of fused-ring (bicyclic) bond motifs is 1. The molecule has 0 saturated carbocycles. The molecule has 1 unspecified atom stereocenters. The molecule has 176 valence electrons. The first kappa shape index (κ1) is 24.4. The van der Waals surface area contributed by atoms with Gasteiger partial charge in [-0.1, -0.05) is 29.5 Å². The molecule has 4 rings (SSSR count). The van der Waals surface area contributed by atoms with Crippen molar-refractivity contribution in [2.75, 3.05) is 15.8 Å². The fourth-order valence-electron chi connectivity index (χ4n) is 3.84. The van der Waals surface area contributed by atoms with Crippen LogP contribution in [0, 0.1) is 20.8 Å². The number of pyridine rings is 1. The lowest BCUT2D eigenvalue weighted by atomic mass is 10.0. The Morgan fingerprint density at radius 1 is 1.18 bits per heavy atom. The van der Waals surface area contributed by atoms with E-state index >= 15 is 0 Å². The molecule has 8 nitrogen and oxygen atoms in total. The van der Waals surface area contributed by atoms with E-state index in [0.29, 0.717) is 21.0 Å². The van der Waals surface area contributed by atoms with Crippen LogP contribution in [-0.4, -0.2) is 35.0 Å². The number of carbonyl (C=O) groups excluding carboxylic acids is 1. The zero-order chi connectivity index (χ0) is 24.4. The summed E-state index contributed by atoms with van der Waals surface area (Å²) < 4.78 is 26.5. The summed E-state index contributed by atoms with van der Waals surface area (Å²) in [5.74, 6) is -0.0783. The number of aromatic nitrogens is 3. The summed E-state index contributed by atoms with van der Waals surface area (Å²) in [6.07, 6.45) is 3.45. The molecule has 2 heterocycles. The van der Waals surface area contributed by atoms with Crippen LogP contribution in [0.5, 0.6) is 0 Å². The molecule has 2 N–H and O–H groups in total. The van der Waals surface area contributed by atoms with E-state index in [2.05, 4.69) is 68.4 Å². The van der Waals surface area contributed by atoms with Crippen molar-refractivity contribution >= 4 is 67.3 Å². The molecule has 0 spiro atoms. The van der Waals surface area contributed by atoms with Gasteiger partial charge in [-0.2, -0.15) is 0 Å². The molecular formula is C23H21BrN5O3S2-. The minimum absolute atomic E-state index is 0.137. The first-order valence-corrected chi connectivity index (χ1v) is 13.1. The molecule has 1 atom stereocenters. The van der Waals surface area contributed by atoms with E-state index in [4.69, 9.17) is 4.98 Å². The number of thioether (sulfide) groups is 1. The van der Waals surface area contributed by atoms with Gasteiger partial charge in [-0.05, 0) is 72.1 Å². The number of benzene rings is 2. The largest absolute Gasteiger partial charge is 0.755 e. The molecule has 2 aromatic carbocycles. The van der Waals surface area contributed by atoms with Crippen molar-refractivity contribution in [1.29, 1.82) is 0 Å². The van der Waals surface area contributed by atoms with Crippen LogP contribution in [-0.2, 0) is 16.1 Å². The number of nitrogens with zero attached hydrogens (tertiary/aromatic N) is 3. The molecule has 0 saturated heterocycles. The van der Waals surface area contributed by atoms with Crippen LogP contribution >= 0.6 is 27.7 Å². The summed E-state index contributed by atoms with van der Waals surface area (Å²) >= 11 is 2.28. The zero-order valence-electron chi connectivity index (χ0n) is 18.6. The second kappa shape index (κ2) is 10.3. The van der Waals surface area contributed by atoms with Gasteiger partial charge >= 0.3 is 0 Å². The third kappa shape index (κ3) is 5.33. The maximum atomic E-state index is 12.7. The molecule has 0 radical (unpaired) electrons. The lowest BCUT2D eigenvalue weighted by Crippen LogP contribution is -2.15. The maximum absolute atomic E-state index is 12.7. The molecule has 11 heteroatoms. The molecule has 34 heavy (non-hydrogen) atoms. The first-order valence-electron chi connectivity index (χ1n) is 10.2. The summed E-state index contributed by atoms with van der Waals surface area (Å²) in [6.45, 7) is 6.21. The fraction of sp³-hybridized carbons (Fsp3) is 0.174. The van der Waals surface area contributed by atoms with Crippen molar-refractivity contribution in [3.8, 4) is 5.69 Å². The normalized spacial score (nSPS) is 12.0. The molecule has 0 bridgehead atoms. The van der Waals surface area contributed by atoms with E-state index < -0.39 is 11.3 Å². The van der Waals surface area contributed by atoms with Crippen molar-refractivity contribution in [1.82, 2.24) is 14.5 Å². The average Bonchev–Trinajstić information content (AvgIpc) is 3.11. The number of halogens is 1. The third-order valence-corrected chi connectivity index (χ3v) is 7.06.